The number of hydrogen-bond acceptors (Lipinski definition) is 3. The summed E-state index contributed by atoms with van der Waals surface area (Å²) in [5.74, 6) is -1.59. The quantitative estimate of drug-likeness (QED) is 0.508. The summed E-state index contributed by atoms with van der Waals surface area (Å²) in [5, 5.41) is 16.7. The molecule has 3 amide bonds. The first kappa shape index (κ1) is 19.2. The van der Waals surface area contributed by atoms with Crippen LogP contribution in [0.3, 0.4) is 0 Å². The molecule has 7 heteroatoms. The fourth-order valence-electron chi connectivity index (χ4n) is 1.77. The molecule has 0 aromatic rings. The molecule has 0 saturated carbocycles. The van der Waals surface area contributed by atoms with E-state index in [0.717, 1.165) is 6.42 Å². The van der Waals surface area contributed by atoms with Crippen LogP contribution in [0.5, 0.6) is 0 Å². The van der Waals surface area contributed by atoms with Crippen molar-refractivity contribution < 1.29 is 19.5 Å². The molecule has 0 rings (SSSR count). The molecule has 0 bridgehead atoms. The lowest BCUT2D eigenvalue weighted by Gasteiger charge is -2.17. The third-order valence-electron chi connectivity index (χ3n) is 2.90. The lowest BCUT2D eigenvalue weighted by atomic mass is 9.97. The predicted octanol–water partition coefficient (Wildman–Crippen LogP) is 0.947. The number of urea groups is 1. The SMILES string of the molecule is CCCNC(=O)C(C)NC(=O)NCC(CC(C)C)C(=O)O. The van der Waals surface area contributed by atoms with E-state index in [1.807, 2.05) is 20.8 Å². The average Bonchev–Trinajstić information content (AvgIpc) is 2.39. The van der Waals surface area contributed by atoms with E-state index >= 15 is 0 Å². The summed E-state index contributed by atoms with van der Waals surface area (Å²) < 4.78 is 0. The molecular weight excluding hydrogens is 274 g/mol. The molecule has 0 aromatic carbocycles. The van der Waals surface area contributed by atoms with Crippen LogP contribution in [0.1, 0.15) is 40.5 Å². The first-order valence-corrected chi connectivity index (χ1v) is 7.32. The first-order valence-electron chi connectivity index (χ1n) is 7.32. The molecule has 122 valence electrons. The second kappa shape index (κ2) is 10.0. The highest BCUT2D eigenvalue weighted by molar-refractivity contribution is 5.86. The van der Waals surface area contributed by atoms with Crippen LogP contribution in [0.2, 0.25) is 0 Å². The maximum Gasteiger partial charge on any atom is 0.315 e. The molecule has 0 spiro atoms. The van der Waals surface area contributed by atoms with Gasteiger partial charge in [-0.1, -0.05) is 20.8 Å². The summed E-state index contributed by atoms with van der Waals surface area (Å²) in [4.78, 5) is 34.3. The fourth-order valence-corrected chi connectivity index (χ4v) is 1.77. The van der Waals surface area contributed by atoms with E-state index in [1.165, 1.54) is 0 Å². The standard InChI is InChI=1S/C14H27N3O4/c1-5-6-15-12(18)10(4)17-14(21)16-8-11(13(19)20)7-9(2)3/h9-11H,5-8H2,1-4H3,(H,15,18)(H,19,20)(H2,16,17,21). The molecular formula is C14H27N3O4. The van der Waals surface area contributed by atoms with Crippen molar-refractivity contribution in [3.05, 3.63) is 0 Å². The van der Waals surface area contributed by atoms with Crippen LogP contribution < -0.4 is 16.0 Å². The lowest BCUT2D eigenvalue weighted by molar-refractivity contribution is -0.142. The number of hydrogen-bond donors (Lipinski definition) is 4. The molecule has 0 saturated heterocycles. The summed E-state index contributed by atoms with van der Waals surface area (Å²) >= 11 is 0. The molecule has 0 radical (unpaired) electrons. The number of carbonyl (C=O) groups is 3. The molecule has 7 nitrogen and oxygen atoms in total. The number of carboxylic acids is 1. The molecule has 0 fully saturated rings. The molecule has 0 aliphatic carbocycles. The van der Waals surface area contributed by atoms with Gasteiger partial charge in [-0.05, 0) is 25.7 Å². The Balaban J connectivity index is 4.18. The Hall–Kier alpha value is -1.79. The maximum absolute atomic E-state index is 11.6. The van der Waals surface area contributed by atoms with E-state index in [-0.39, 0.29) is 18.4 Å². The van der Waals surface area contributed by atoms with Gasteiger partial charge >= 0.3 is 12.0 Å². The lowest BCUT2D eigenvalue weighted by Crippen LogP contribution is -2.49. The normalized spacial score (nSPS) is 13.4. The predicted molar refractivity (Wildman–Crippen MR) is 79.9 cm³/mol. The average molecular weight is 301 g/mol. The highest BCUT2D eigenvalue weighted by Gasteiger charge is 2.21. The zero-order valence-electron chi connectivity index (χ0n) is 13.2. The summed E-state index contributed by atoms with van der Waals surface area (Å²) in [7, 11) is 0. The van der Waals surface area contributed by atoms with Crippen LogP contribution in [0, 0.1) is 11.8 Å². The fraction of sp³-hybridized carbons (Fsp3) is 0.786. The minimum absolute atomic E-state index is 0.0443. The van der Waals surface area contributed by atoms with E-state index < -0.39 is 24.0 Å². The Kier molecular flexibility index (Phi) is 9.16. The van der Waals surface area contributed by atoms with Gasteiger partial charge in [-0.3, -0.25) is 9.59 Å². The smallest absolute Gasteiger partial charge is 0.315 e. The van der Waals surface area contributed by atoms with E-state index in [0.29, 0.717) is 13.0 Å². The second-order valence-corrected chi connectivity index (χ2v) is 5.53. The first-order chi connectivity index (χ1) is 9.77. The van der Waals surface area contributed by atoms with Gasteiger partial charge in [0.1, 0.15) is 6.04 Å². The van der Waals surface area contributed by atoms with Gasteiger partial charge < -0.3 is 21.1 Å². The van der Waals surface area contributed by atoms with Gasteiger partial charge in [0.25, 0.3) is 0 Å². The Bertz CT molecular complexity index is 358. The summed E-state index contributed by atoms with van der Waals surface area (Å²) in [6.07, 6.45) is 1.31. The van der Waals surface area contributed by atoms with Gasteiger partial charge in [0.15, 0.2) is 0 Å². The number of carboxylic acid groups (broad SMARTS) is 1. The largest absolute Gasteiger partial charge is 0.481 e. The second-order valence-electron chi connectivity index (χ2n) is 5.53. The molecule has 4 N–H and O–H groups in total. The number of aliphatic carboxylic acids is 1. The van der Waals surface area contributed by atoms with Crippen molar-refractivity contribution in [2.75, 3.05) is 13.1 Å². The maximum atomic E-state index is 11.6. The zero-order chi connectivity index (χ0) is 16.4. The molecule has 0 aliphatic heterocycles. The third-order valence-corrected chi connectivity index (χ3v) is 2.90. The van der Waals surface area contributed by atoms with Crippen molar-refractivity contribution in [2.24, 2.45) is 11.8 Å². The summed E-state index contributed by atoms with van der Waals surface area (Å²) in [6.45, 7) is 7.97. The van der Waals surface area contributed by atoms with Crippen LogP contribution >= 0.6 is 0 Å². The highest BCUT2D eigenvalue weighted by atomic mass is 16.4. The van der Waals surface area contributed by atoms with Crippen molar-refractivity contribution in [3.8, 4) is 0 Å². The van der Waals surface area contributed by atoms with E-state index in [9.17, 15) is 14.4 Å². The Morgan fingerprint density at radius 2 is 1.71 bits per heavy atom. The van der Waals surface area contributed by atoms with Gasteiger partial charge in [-0.2, -0.15) is 0 Å². The van der Waals surface area contributed by atoms with Crippen molar-refractivity contribution in [1.29, 1.82) is 0 Å². The van der Waals surface area contributed by atoms with Gasteiger partial charge in [0.2, 0.25) is 5.91 Å². The van der Waals surface area contributed by atoms with Crippen molar-refractivity contribution in [3.63, 3.8) is 0 Å². The van der Waals surface area contributed by atoms with Crippen LogP contribution in [-0.4, -0.2) is 42.1 Å². The van der Waals surface area contributed by atoms with Gasteiger partial charge in [0, 0.05) is 13.1 Å². The Morgan fingerprint density at radius 3 is 2.19 bits per heavy atom. The topological polar surface area (TPSA) is 108 Å². The molecule has 0 heterocycles. The van der Waals surface area contributed by atoms with Crippen molar-refractivity contribution in [2.45, 2.75) is 46.6 Å². The van der Waals surface area contributed by atoms with Crippen LogP contribution in [0.4, 0.5) is 4.79 Å². The van der Waals surface area contributed by atoms with Gasteiger partial charge in [0.05, 0.1) is 5.92 Å². The summed E-state index contributed by atoms with van der Waals surface area (Å²) in [6, 6.07) is -1.20. The highest BCUT2D eigenvalue weighted by Crippen LogP contribution is 2.10. The van der Waals surface area contributed by atoms with Crippen molar-refractivity contribution >= 4 is 17.9 Å². The monoisotopic (exact) mass is 301 g/mol. The molecule has 0 aliphatic rings. The van der Waals surface area contributed by atoms with Gasteiger partial charge in [-0.15, -0.1) is 0 Å². The Morgan fingerprint density at radius 1 is 1.10 bits per heavy atom. The van der Waals surface area contributed by atoms with E-state index in [4.69, 9.17) is 5.11 Å². The third kappa shape index (κ3) is 8.88. The molecule has 0 aromatic heterocycles. The van der Waals surface area contributed by atoms with Crippen molar-refractivity contribution in [1.82, 2.24) is 16.0 Å². The number of nitrogens with one attached hydrogen (secondary N) is 3. The molecule has 2 unspecified atom stereocenters. The van der Waals surface area contributed by atoms with E-state index in [1.54, 1.807) is 6.92 Å². The van der Waals surface area contributed by atoms with E-state index in [2.05, 4.69) is 16.0 Å². The van der Waals surface area contributed by atoms with Gasteiger partial charge in [-0.25, -0.2) is 4.79 Å². The minimum Gasteiger partial charge on any atom is -0.481 e. The minimum atomic E-state index is -0.933. The number of amides is 3. The number of rotatable bonds is 9. The van der Waals surface area contributed by atoms with Crippen LogP contribution in [0.15, 0.2) is 0 Å². The Labute approximate surface area is 125 Å². The molecule has 21 heavy (non-hydrogen) atoms. The molecule has 2 atom stereocenters. The number of carbonyl (C=O) groups excluding carboxylic acids is 2. The van der Waals surface area contributed by atoms with Crippen LogP contribution in [0.25, 0.3) is 0 Å². The zero-order valence-corrected chi connectivity index (χ0v) is 13.2. The summed E-state index contributed by atoms with van der Waals surface area (Å²) in [5.41, 5.74) is 0. The van der Waals surface area contributed by atoms with Crippen LogP contribution in [-0.2, 0) is 9.59 Å².